The Bertz CT molecular complexity index is 627. The number of H-pyrrole nitrogens is 1. The number of rotatable bonds is 5. The van der Waals surface area contributed by atoms with Gasteiger partial charge in [0, 0.05) is 57.5 Å². The summed E-state index contributed by atoms with van der Waals surface area (Å²) in [4.78, 5) is 8.62. The molecule has 4 heteroatoms. The first-order chi connectivity index (χ1) is 10.7. The van der Waals surface area contributed by atoms with E-state index in [0.717, 1.165) is 45.9 Å². The van der Waals surface area contributed by atoms with Crippen molar-refractivity contribution in [1.29, 1.82) is 0 Å². The van der Waals surface area contributed by atoms with Crippen LogP contribution in [0.25, 0.3) is 10.9 Å². The van der Waals surface area contributed by atoms with E-state index in [1.807, 2.05) is 0 Å². The molecule has 1 aromatic carbocycles. The number of methoxy groups -OCH3 is 1. The zero-order valence-corrected chi connectivity index (χ0v) is 14.0. The second-order valence-electron chi connectivity index (χ2n) is 6.33. The quantitative estimate of drug-likeness (QED) is 0.921. The molecule has 1 aromatic heterocycles. The fourth-order valence-electron chi connectivity index (χ4n) is 3.31. The van der Waals surface area contributed by atoms with E-state index >= 15 is 0 Å². The largest absolute Gasteiger partial charge is 0.383 e. The summed E-state index contributed by atoms with van der Waals surface area (Å²) in [7, 11) is 1.78. The summed E-state index contributed by atoms with van der Waals surface area (Å²) < 4.78 is 5.17. The number of aromatic amines is 1. The molecule has 1 N–H and O–H groups in total. The molecule has 1 aliphatic heterocycles. The van der Waals surface area contributed by atoms with Crippen molar-refractivity contribution in [1.82, 2.24) is 14.8 Å². The summed E-state index contributed by atoms with van der Waals surface area (Å²) in [5.41, 5.74) is 5.39. The van der Waals surface area contributed by atoms with Crippen LogP contribution in [-0.4, -0.2) is 61.2 Å². The first-order valence-electron chi connectivity index (χ1n) is 8.19. The number of aromatic nitrogens is 1. The third-order valence-corrected chi connectivity index (χ3v) is 4.90. The number of hydrogen-bond donors (Lipinski definition) is 1. The highest BCUT2D eigenvalue weighted by Crippen LogP contribution is 2.25. The van der Waals surface area contributed by atoms with E-state index in [0.29, 0.717) is 0 Å². The molecular formula is C18H27N3O. The van der Waals surface area contributed by atoms with Crippen molar-refractivity contribution in [3.8, 4) is 0 Å². The minimum atomic E-state index is 0.834. The van der Waals surface area contributed by atoms with Gasteiger partial charge in [0.2, 0.25) is 0 Å². The Kier molecular flexibility index (Phi) is 4.81. The summed E-state index contributed by atoms with van der Waals surface area (Å²) in [5.74, 6) is 0. The number of nitrogens with one attached hydrogen (secondary N) is 1. The molecule has 1 aliphatic rings. The van der Waals surface area contributed by atoms with Gasteiger partial charge in [-0.2, -0.15) is 0 Å². The van der Waals surface area contributed by atoms with Gasteiger partial charge in [-0.15, -0.1) is 0 Å². The molecule has 0 radical (unpaired) electrons. The molecule has 0 saturated carbocycles. The lowest BCUT2D eigenvalue weighted by molar-refractivity contribution is 0.0940. The minimum Gasteiger partial charge on any atom is -0.383 e. The molecule has 0 spiro atoms. The number of ether oxygens (including phenoxy) is 1. The van der Waals surface area contributed by atoms with Gasteiger partial charge in [0.15, 0.2) is 0 Å². The van der Waals surface area contributed by atoms with Crippen molar-refractivity contribution < 1.29 is 4.74 Å². The van der Waals surface area contributed by atoms with Gasteiger partial charge in [0.05, 0.1) is 12.1 Å². The average molecular weight is 301 g/mol. The van der Waals surface area contributed by atoms with Crippen LogP contribution >= 0.6 is 0 Å². The number of piperazine rings is 1. The highest BCUT2D eigenvalue weighted by molar-refractivity contribution is 5.87. The SMILES string of the molecule is COCCN1CCN(Cc2cccc3c(C)c(C)[nH]c23)CC1. The summed E-state index contributed by atoms with van der Waals surface area (Å²) in [6.07, 6.45) is 0. The highest BCUT2D eigenvalue weighted by atomic mass is 16.5. The van der Waals surface area contributed by atoms with Gasteiger partial charge in [-0.3, -0.25) is 9.80 Å². The zero-order chi connectivity index (χ0) is 15.5. The fourth-order valence-corrected chi connectivity index (χ4v) is 3.31. The number of benzene rings is 1. The Morgan fingerprint density at radius 3 is 2.55 bits per heavy atom. The molecule has 22 heavy (non-hydrogen) atoms. The van der Waals surface area contributed by atoms with E-state index in [-0.39, 0.29) is 0 Å². The molecule has 0 atom stereocenters. The summed E-state index contributed by atoms with van der Waals surface area (Å²) in [6, 6.07) is 6.67. The van der Waals surface area contributed by atoms with Crippen LogP contribution in [0.4, 0.5) is 0 Å². The number of fused-ring (bicyclic) bond motifs is 1. The van der Waals surface area contributed by atoms with Crippen molar-refractivity contribution in [2.45, 2.75) is 20.4 Å². The normalized spacial score (nSPS) is 17.4. The molecule has 4 nitrogen and oxygen atoms in total. The summed E-state index contributed by atoms with van der Waals surface area (Å²) in [5, 5.41) is 1.37. The average Bonchev–Trinajstić information content (AvgIpc) is 2.83. The van der Waals surface area contributed by atoms with E-state index in [1.165, 1.54) is 27.7 Å². The maximum Gasteiger partial charge on any atom is 0.0589 e. The van der Waals surface area contributed by atoms with E-state index in [9.17, 15) is 0 Å². The van der Waals surface area contributed by atoms with Gasteiger partial charge in [0.1, 0.15) is 0 Å². The van der Waals surface area contributed by atoms with Gasteiger partial charge in [0.25, 0.3) is 0 Å². The maximum absolute atomic E-state index is 5.17. The van der Waals surface area contributed by atoms with Gasteiger partial charge in [-0.05, 0) is 25.0 Å². The summed E-state index contributed by atoms with van der Waals surface area (Å²) >= 11 is 0. The topological polar surface area (TPSA) is 31.5 Å². The highest BCUT2D eigenvalue weighted by Gasteiger charge is 2.18. The van der Waals surface area contributed by atoms with E-state index < -0.39 is 0 Å². The molecule has 1 fully saturated rings. The maximum atomic E-state index is 5.17. The lowest BCUT2D eigenvalue weighted by atomic mass is 10.1. The van der Waals surface area contributed by atoms with Crippen LogP contribution in [0.1, 0.15) is 16.8 Å². The Morgan fingerprint density at radius 2 is 1.82 bits per heavy atom. The molecule has 0 amide bonds. The first-order valence-corrected chi connectivity index (χ1v) is 8.19. The molecular weight excluding hydrogens is 274 g/mol. The van der Waals surface area contributed by atoms with Crippen LogP contribution in [0.2, 0.25) is 0 Å². The molecule has 0 unspecified atom stereocenters. The number of hydrogen-bond acceptors (Lipinski definition) is 3. The molecule has 1 saturated heterocycles. The van der Waals surface area contributed by atoms with Crippen molar-refractivity contribution in [2.75, 3.05) is 46.4 Å². The van der Waals surface area contributed by atoms with Crippen LogP contribution in [0.15, 0.2) is 18.2 Å². The number of aryl methyl sites for hydroxylation is 2. The van der Waals surface area contributed by atoms with Crippen LogP contribution < -0.4 is 0 Å². The van der Waals surface area contributed by atoms with Gasteiger partial charge < -0.3 is 9.72 Å². The molecule has 2 aromatic rings. The van der Waals surface area contributed by atoms with E-state index in [4.69, 9.17) is 4.74 Å². The Labute approximate surface area is 133 Å². The van der Waals surface area contributed by atoms with E-state index in [1.54, 1.807) is 7.11 Å². The minimum absolute atomic E-state index is 0.834. The van der Waals surface area contributed by atoms with Crippen LogP contribution in [0.3, 0.4) is 0 Å². The van der Waals surface area contributed by atoms with Crippen LogP contribution in [0.5, 0.6) is 0 Å². The van der Waals surface area contributed by atoms with Crippen molar-refractivity contribution in [2.24, 2.45) is 0 Å². The second-order valence-corrected chi connectivity index (χ2v) is 6.33. The van der Waals surface area contributed by atoms with Crippen LogP contribution in [-0.2, 0) is 11.3 Å². The standard InChI is InChI=1S/C18H27N3O/c1-14-15(2)19-18-16(5-4-6-17(14)18)13-21-9-7-20(8-10-21)11-12-22-3/h4-6,19H,7-13H2,1-3H3. The van der Waals surface area contributed by atoms with Crippen molar-refractivity contribution >= 4 is 10.9 Å². The molecule has 120 valence electrons. The van der Waals surface area contributed by atoms with Crippen molar-refractivity contribution in [3.05, 3.63) is 35.0 Å². The zero-order valence-electron chi connectivity index (χ0n) is 14.0. The van der Waals surface area contributed by atoms with Gasteiger partial charge in [-0.1, -0.05) is 18.2 Å². The first kappa shape index (κ1) is 15.5. The monoisotopic (exact) mass is 301 g/mol. The van der Waals surface area contributed by atoms with Crippen LogP contribution in [0, 0.1) is 13.8 Å². The smallest absolute Gasteiger partial charge is 0.0589 e. The predicted molar refractivity (Wildman–Crippen MR) is 91.4 cm³/mol. The Hall–Kier alpha value is -1.36. The van der Waals surface area contributed by atoms with Gasteiger partial charge in [-0.25, -0.2) is 0 Å². The molecule has 0 bridgehead atoms. The Balaban J connectivity index is 1.66. The lowest BCUT2D eigenvalue weighted by Crippen LogP contribution is -2.46. The molecule has 0 aliphatic carbocycles. The lowest BCUT2D eigenvalue weighted by Gasteiger charge is -2.34. The molecule has 2 heterocycles. The number of nitrogens with zero attached hydrogens (tertiary/aromatic N) is 2. The fraction of sp³-hybridized carbons (Fsp3) is 0.556. The van der Waals surface area contributed by atoms with Crippen molar-refractivity contribution in [3.63, 3.8) is 0 Å². The van der Waals surface area contributed by atoms with E-state index in [2.05, 4.69) is 46.8 Å². The Morgan fingerprint density at radius 1 is 1.09 bits per heavy atom. The number of para-hydroxylation sites is 1. The third-order valence-electron chi connectivity index (χ3n) is 4.90. The molecule has 3 rings (SSSR count). The third kappa shape index (κ3) is 3.19. The van der Waals surface area contributed by atoms with Gasteiger partial charge >= 0.3 is 0 Å². The second kappa shape index (κ2) is 6.82. The predicted octanol–water partition coefficient (Wildman–Crippen LogP) is 2.55. The summed E-state index contributed by atoms with van der Waals surface area (Å²) in [6.45, 7) is 11.8.